The van der Waals surface area contributed by atoms with Crippen molar-refractivity contribution in [3.63, 3.8) is 0 Å². The Hall–Kier alpha value is -2.15. The molecule has 0 unspecified atom stereocenters. The molecule has 0 spiro atoms. The summed E-state index contributed by atoms with van der Waals surface area (Å²) >= 11 is 0. The van der Waals surface area contributed by atoms with E-state index >= 15 is 0 Å². The SMILES string of the molecule is O=C(Cn1nc2ccccn2c1=O)N(C[C@@H]1CCOC1)C1CC1. The average Bonchev–Trinajstić information content (AvgIpc) is 3.17. The molecule has 0 aromatic carbocycles. The van der Waals surface area contributed by atoms with Gasteiger partial charge in [-0.05, 0) is 31.4 Å². The zero-order chi connectivity index (χ0) is 15.8. The molecule has 0 radical (unpaired) electrons. The Morgan fingerprint density at radius 3 is 2.91 bits per heavy atom. The van der Waals surface area contributed by atoms with Gasteiger partial charge in [0, 0.05) is 31.3 Å². The molecule has 7 nitrogen and oxygen atoms in total. The van der Waals surface area contributed by atoms with Crippen LogP contribution in [0.15, 0.2) is 29.2 Å². The van der Waals surface area contributed by atoms with Crippen LogP contribution in [0.25, 0.3) is 5.65 Å². The average molecular weight is 316 g/mol. The Morgan fingerprint density at radius 2 is 2.22 bits per heavy atom. The molecule has 1 aliphatic heterocycles. The number of hydrogen-bond acceptors (Lipinski definition) is 4. The molecule has 0 bridgehead atoms. The predicted octanol–water partition coefficient (Wildman–Crippen LogP) is 0.523. The molecule has 122 valence electrons. The van der Waals surface area contributed by atoms with Crippen molar-refractivity contribution in [1.29, 1.82) is 0 Å². The van der Waals surface area contributed by atoms with Gasteiger partial charge in [-0.3, -0.25) is 9.20 Å². The highest BCUT2D eigenvalue weighted by molar-refractivity contribution is 5.76. The van der Waals surface area contributed by atoms with Crippen LogP contribution in [-0.4, -0.2) is 50.8 Å². The standard InChI is InChI=1S/C16H20N4O3/c21-15(19(13-4-5-13)9-12-6-8-23-11-12)10-20-16(22)18-7-2-1-3-14(18)17-20/h1-3,7,12-13H,4-6,8-11H2/t12-/m0/s1. The number of hydrogen-bond donors (Lipinski definition) is 0. The number of carbonyl (C=O) groups excluding carboxylic acids is 1. The molecule has 1 aliphatic carbocycles. The summed E-state index contributed by atoms with van der Waals surface area (Å²) in [5.74, 6) is 0.391. The van der Waals surface area contributed by atoms with Crippen LogP contribution in [0.4, 0.5) is 0 Å². The molecule has 7 heteroatoms. The second-order valence-corrected chi connectivity index (χ2v) is 6.38. The highest BCUT2D eigenvalue weighted by Gasteiger charge is 2.35. The number of aromatic nitrogens is 3. The summed E-state index contributed by atoms with van der Waals surface area (Å²) in [5, 5.41) is 4.24. The Labute approximate surface area is 133 Å². The first kappa shape index (κ1) is 14.4. The Kier molecular flexibility index (Phi) is 3.65. The highest BCUT2D eigenvalue weighted by Crippen LogP contribution is 2.29. The van der Waals surface area contributed by atoms with Gasteiger partial charge in [0.25, 0.3) is 0 Å². The first-order chi connectivity index (χ1) is 11.2. The van der Waals surface area contributed by atoms with E-state index in [4.69, 9.17) is 4.74 Å². The van der Waals surface area contributed by atoms with Crippen LogP contribution < -0.4 is 5.69 Å². The van der Waals surface area contributed by atoms with Crippen LogP contribution in [-0.2, 0) is 16.1 Å². The minimum atomic E-state index is -0.270. The molecule has 3 heterocycles. The second kappa shape index (κ2) is 5.81. The number of carbonyl (C=O) groups is 1. The maximum absolute atomic E-state index is 12.7. The van der Waals surface area contributed by atoms with E-state index in [0.29, 0.717) is 17.6 Å². The quantitative estimate of drug-likeness (QED) is 0.806. The van der Waals surface area contributed by atoms with Gasteiger partial charge < -0.3 is 9.64 Å². The van der Waals surface area contributed by atoms with E-state index in [-0.39, 0.29) is 18.1 Å². The minimum Gasteiger partial charge on any atom is -0.381 e. The summed E-state index contributed by atoms with van der Waals surface area (Å²) in [6, 6.07) is 5.69. The fourth-order valence-electron chi connectivity index (χ4n) is 3.14. The molecule has 1 atom stereocenters. The zero-order valence-electron chi connectivity index (χ0n) is 12.9. The van der Waals surface area contributed by atoms with Crippen LogP contribution >= 0.6 is 0 Å². The van der Waals surface area contributed by atoms with Crippen molar-refractivity contribution in [1.82, 2.24) is 19.1 Å². The number of rotatable bonds is 5. The van der Waals surface area contributed by atoms with Crippen molar-refractivity contribution in [3.8, 4) is 0 Å². The monoisotopic (exact) mass is 316 g/mol. The van der Waals surface area contributed by atoms with Crippen LogP contribution in [0.3, 0.4) is 0 Å². The highest BCUT2D eigenvalue weighted by atomic mass is 16.5. The third kappa shape index (κ3) is 2.88. The lowest BCUT2D eigenvalue weighted by molar-refractivity contribution is -0.133. The van der Waals surface area contributed by atoms with E-state index in [0.717, 1.165) is 39.0 Å². The van der Waals surface area contributed by atoms with Gasteiger partial charge >= 0.3 is 5.69 Å². The second-order valence-electron chi connectivity index (χ2n) is 6.38. The first-order valence-electron chi connectivity index (χ1n) is 8.14. The van der Waals surface area contributed by atoms with Gasteiger partial charge in [-0.2, -0.15) is 0 Å². The van der Waals surface area contributed by atoms with Crippen LogP contribution in [0.2, 0.25) is 0 Å². The molecular weight excluding hydrogens is 296 g/mol. The third-order valence-electron chi connectivity index (χ3n) is 4.56. The molecule has 1 saturated heterocycles. The van der Waals surface area contributed by atoms with Gasteiger partial charge in [-0.1, -0.05) is 6.07 Å². The largest absolute Gasteiger partial charge is 0.381 e. The molecule has 2 fully saturated rings. The summed E-state index contributed by atoms with van der Waals surface area (Å²) in [6.45, 7) is 2.24. The van der Waals surface area contributed by atoms with E-state index < -0.39 is 0 Å². The van der Waals surface area contributed by atoms with Crippen molar-refractivity contribution < 1.29 is 9.53 Å². The zero-order valence-corrected chi connectivity index (χ0v) is 12.9. The van der Waals surface area contributed by atoms with E-state index in [1.165, 1.54) is 9.08 Å². The van der Waals surface area contributed by atoms with E-state index in [1.54, 1.807) is 18.3 Å². The molecule has 23 heavy (non-hydrogen) atoms. The molecule has 2 aliphatic rings. The van der Waals surface area contributed by atoms with E-state index in [2.05, 4.69) is 5.10 Å². The van der Waals surface area contributed by atoms with Crippen LogP contribution in [0.5, 0.6) is 0 Å². The summed E-state index contributed by atoms with van der Waals surface area (Å²) < 4.78 is 8.13. The summed E-state index contributed by atoms with van der Waals surface area (Å²) in [7, 11) is 0. The van der Waals surface area contributed by atoms with Gasteiger partial charge in [0.05, 0.1) is 6.61 Å². The number of pyridine rings is 1. The Morgan fingerprint density at radius 1 is 1.35 bits per heavy atom. The van der Waals surface area contributed by atoms with E-state index in [1.807, 2.05) is 11.0 Å². The lowest BCUT2D eigenvalue weighted by Crippen LogP contribution is -2.41. The lowest BCUT2D eigenvalue weighted by atomic mass is 10.1. The maximum Gasteiger partial charge on any atom is 0.350 e. The van der Waals surface area contributed by atoms with Crippen molar-refractivity contribution in [2.24, 2.45) is 5.92 Å². The van der Waals surface area contributed by atoms with Gasteiger partial charge in [0.1, 0.15) is 6.54 Å². The lowest BCUT2D eigenvalue weighted by Gasteiger charge is -2.25. The van der Waals surface area contributed by atoms with E-state index in [9.17, 15) is 9.59 Å². The summed E-state index contributed by atoms with van der Waals surface area (Å²) in [6.07, 6.45) is 4.78. The fraction of sp³-hybridized carbons (Fsp3) is 0.562. The van der Waals surface area contributed by atoms with Crippen molar-refractivity contribution in [3.05, 3.63) is 34.9 Å². The molecule has 1 saturated carbocycles. The Balaban J connectivity index is 1.52. The molecular formula is C16H20N4O3. The Bertz CT molecular complexity index is 771. The smallest absolute Gasteiger partial charge is 0.350 e. The summed E-state index contributed by atoms with van der Waals surface area (Å²) in [5.41, 5.74) is 0.293. The van der Waals surface area contributed by atoms with Crippen LogP contribution in [0.1, 0.15) is 19.3 Å². The first-order valence-corrected chi connectivity index (χ1v) is 8.14. The molecule has 2 aromatic rings. The van der Waals surface area contributed by atoms with Crippen LogP contribution in [0, 0.1) is 5.92 Å². The van der Waals surface area contributed by atoms with Crippen molar-refractivity contribution in [2.75, 3.05) is 19.8 Å². The minimum absolute atomic E-state index is 0.00455. The number of nitrogens with zero attached hydrogens (tertiary/aromatic N) is 4. The molecule has 2 aromatic heterocycles. The predicted molar refractivity (Wildman–Crippen MR) is 83.1 cm³/mol. The molecule has 1 amide bonds. The maximum atomic E-state index is 12.7. The van der Waals surface area contributed by atoms with Gasteiger partial charge in [-0.25, -0.2) is 9.48 Å². The third-order valence-corrected chi connectivity index (χ3v) is 4.56. The van der Waals surface area contributed by atoms with Crippen molar-refractivity contribution in [2.45, 2.75) is 31.8 Å². The van der Waals surface area contributed by atoms with Gasteiger partial charge in [-0.15, -0.1) is 5.10 Å². The topological polar surface area (TPSA) is 68.8 Å². The molecule has 0 N–H and O–H groups in total. The van der Waals surface area contributed by atoms with Crippen molar-refractivity contribution >= 4 is 11.6 Å². The number of ether oxygens (including phenoxy) is 1. The molecule has 4 rings (SSSR count). The fourth-order valence-corrected chi connectivity index (χ4v) is 3.14. The number of fused-ring (bicyclic) bond motifs is 1. The van der Waals surface area contributed by atoms with Gasteiger partial charge in [0.2, 0.25) is 5.91 Å². The van der Waals surface area contributed by atoms with Gasteiger partial charge in [0.15, 0.2) is 5.65 Å². The number of amides is 1. The summed E-state index contributed by atoms with van der Waals surface area (Å²) in [4.78, 5) is 26.9. The normalized spacial score (nSPS) is 21.0.